The van der Waals surface area contributed by atoms with Gasteiger partial charge >= 0.3 is 5.69 Å². The average molecular weight is 453 g/mol. The summed E-state index contributed by atoms with van der Waals surface area (Å²) in [5, 5.41) is 29.0. The summed E-state index contributed by atoms with van der Waals surface area (Å²) >= 11 is 0. The largest absolute Gasteiger partial charge is 0.489 e. The number of rotatable bonds is 9. The number of aryl methyl sites for hydroxylation is 2. The van der Waals surface area contributed by atoms with Crippen LogP contribution >= 0.6 is 0 Å². The summed E-state index contributed by atoms with van der Waals surface area (Å²) in [7, 11) is 0. The second kappa shape index (κ2) is 9.90. The minimum absolute atomic E-state index is 0.0164. The van der Waals surface area contributed by atoms with E-state index in [9.17, 15) is 25.0 Å². The second-order valence-electron chi connectivity index (χ2n) is 7.45. The summed E-state index contributed by atoms with van der Waals surface area (Å²) < 4.78 is 7.21. The van der Waals surface area contributed by atoms with Gasteiger partial charge in [0.2, 0.25) is 0 Å². The highest BCUT2D eigenvalue weighted by Gasteiger charge is 2.21. The van der Waals surface area contributed by atoms with E-state index in [1.54, 1.807) is 45.0 Å². The first kappa shape index (κ1) is 23.4. The first-order chi connectivity index (χ1) is 15.7. The molecule has 0 saturated heterocycles. The van der Waals surface area contributed by atoms with Crippen LogP contribution in [0.15, 0.2) is 42.5 Å². The first-order valence-corrected chi connectivity index (χ1v) is 10.1. The third-order valence-corrected chi connectivity index (χ3v) is 5.09. The molecular weight excluding hydrogens is 430 g/mol. The number of aromatic nitrogens is 2. The lowest BCUT2D eigenvalue weighted by molar-refractivity contribution is -0.386. The lowest BCUT2D eigenvalue weighted by Gasteiger charge is -2.10. The molecule has 0 saturated carbocycles. The van der Waals surface area contributed by atoms with E-state index in [2.05, 4.69) is 10.4 Å². The molecule has 0 fully saturated rings. The van der Waals surface area contributed by atoms with Gasteiger partial charge in [0.05, 0.1) is 16.4 Å². The summed E-state index contributed by atoms with van der Waals surface area (Å²) in [6.07, 6.45) is 0. The minimum atomic E-state index is -0.460. The van der Waals surface area contributed by atoms with Crippen LogP contribution in [0.5, 0.6) is 5.75 Å². The molecule has 11 nitrogen and oxygen atoms in total. The molecule has 33 heavy (non-hydrogen) atoms. The second-order valence-corrected chi connectivity index (χ2v) is 7.45. The normalized spacial score (nSPS) is 10.6. The van der Waals surface area contributed by atoms with Crippen molar-refractivity contribution in [1.82, 2.24) is 15.1 Å². The number of amides is 1. The molecule has 0 atom stereocenters. The van der Waals surface area contributed by atoms with Crippen molar-refractivity contribution in [3.63, 3.8) is 0 Å². The van der Waals surface area contributed by atoms with Crippen molar-refractivity contribution in [1.29, 1.82) is 0 Å². The van der Waals surface area contributed by atoms with E-state index >= 15 is 0 Å². The fourth-order valence-electron chi connectivity index (χ4n) is 3.44. The molecule has 3 rings (SSSR count). The summed E-state index contributed by atoms with van der Waals surface area (Å²) in [5.74, 6) is 0.200. The number of hydrogen-bond donors (Lipinski definition) is 1. The maximum absolute atomic E-state index is 12.5. The Balaban J connectivity index is 1.57. The van der Waals surface area contributed by atoms with Crippen LogP contribution in [0, 0.1) is 41.0 Å². The Morgan fingerprint density at radius 2 is 1.85 bits per heavy atom. The van der Waals surface area contributed by atoms with Crippen molar-refractivity contribution in [2.45, 2.75) is 33.9 Å². The number of carbonyl (C=O) groups excluding carboxylic acids is 1. The van der Waals surface area contributed by atoms with E-state index in [0.29, 0.717) is 34.8 Å². The van der Waals surface area contributed by atoms with E-state index in [1.165, 1.54) is 16.8 Å². The molecule has 1 amide bonds. The molecule has 2 aromatic carbocycles. The van der Waals surface area contributed by atoms with Crippen molar-refractivity contribution < 1.29 is 19.4 Å². The van der Waals surface area contributed by atoms with E-state index < -0.39 is 9.85 Å². The molecule has 3 aromatic rings. The van der Waals surface area contributed by atoms with E-state index in [0.717, 1.165) is 5.56 Å². The van der Waals surface area contributed by atoms with Gasteiger partial charge in [-0.25, -0.2) is 0 Å². The third kappa shape index (κ3) is 5.50. The van der Waals surface area contributed by atoms with E-state index in [4.69, 9.17) is 4.74 Å². The zero-order valence-electron chi connectivity index (χ0n) is 18.4. The molecule has 1 heterocycles. The highest BCUT2D eigenvalue weighted by molar-refractivity contribution is 5.94. The van der Waals surface area contributed by atoms with Crippen LogP contribution in [0.1, 0.15) is 32.9 Å². The summed E-state index contributed by atoms with van der Waals surface area (Å²) in [6.45, 7) is 5.57. The van der Waals surface area contributed by atoms with Gasteiger partial charge in [-0.1, -0.05) is 12.1 Å². The van der Waals surface area contributed by atoms with Gasteiger partial charge < -0.3 is 10.1 Å². The average Bonchev–Trinajstić information content (AvgIpc) is 3.05. The fraction of sp³-hybridized carbons (Fsp3) is 0.273. The molecule has 0 bridgehead atoms. The zero-order chi connectivity index (χ0) is 24.1. The lowest BCUT2D eigenvalue weighted by Crippen LogP contribution is -2.27. The Hall–Kier alpha value is -4.28. The van der Waals surface area contributed by atoms with Crippen LogP contribution in [0.25, 0.3) is 0 Å². The summed E-state index contributed by atoms with van der Waals surface area (Å²) in [5.41, 5.74) is 2.47. The highest BCUT2D eigenvalue weighted by atomic mass is 16.6. The monoisotopic (exact) mass is 453 g/mol. The summed E-state index contributed by atoms with van der Waals surface area (Å²) in [6, 6.07) is 11.4. The standard InChI is InChI=1S/C22H23N5O6/c1-14-11-19(7-8-20(14)26(29)30)33-13-17-5-4-6-18(12-17)22(28)23-9-10-25-16(3)21(27(31)32)15(2)24-25/h4-8,11-12H,9-10,13H2,1-3H3,(H,23,28). The maximum atomic E-state index is 12.5. The van der Waals surface area contributed by atoms with Gasteiger partial charge in [0, 0.05) is 23.7 Å². The molecule has 11 heteroatoms. The van der Waals surface area contributed by atoms with Gasteiger partial charge in [-0.2, -0.15) is 5.10 Å². The fourth-order valence-corrected chi connectivity index (χ4v) is 3.44. The quantitative estimate of drug-likeness (QED) is 0.385. The van der Waals surface area contributed by atoms with Crippen LogP contribution in [-0.2, 0) is 13.2 Å². The Labute approximate surface area is 189 Å². The predicted molar refractivity (Wildman–Crippen MR) is 119 cm³/mol. The molecule has 1 aromatic heterocycles. The molecule has 0 spiro atoms. The number of ether oxygens (including phenoxy) is 1. The molecule has 1 N–H and O–H groups in total. The van der Waals surface area contributed by atoms with Gasteiger partial charge in [0.15, 0.2) is 0 Å². The molecule has 0 unspecified atom stereocenters. The Kier molecular flexibility index (Phi) is 7.01. The predicted octanol–water partition coefficient (Wildman–Crippen LogP) is 3.63. The zero-order valence-corrected chi connectivity index (χ0v) is 18.4. The van der Waals surface area contributed by atoms with Crippen molar-refractivity contribution >= 4 is 17.3 Å². The Bertz CT molecular complexity index is 1220. The Morgan fingerprint density at radius 1 is 1.09 bits per heavy atom. The van der Waals surface area contributed by atoms with Crippen molar-refractivity contribution in [3.05, 3.63) is 90.8 Å². The van der Waals surface area contributed by atoms with Crippen LogP contribution in [0.3, 0.4) is 0 Å². The molecule has 0 aliphatic heterocycles. The SMILES string of the molecule is Cc1cc(OCc2cccc(C(=O)NCCn3nc(C)c([N+](=O)[O-])c3C)c2)ccc1[N+](=O)[O-]. The van der Waals surface area contributed by atoms with E-state index in [-0.39, 0.29) is 30.4 Å². The van der Waals surface area contributed by atoms with Crippen LogP contribution in [-0.4, -0.2) is 32.1 Å². The number of hydrogen-bond acceptors (Lipinski definition) is 7. The molecule has 0 aliphatic rings. The molecule has 0 radical (unpaired) electrons. The summed E-state index contributed by atoms with van der Waals surface area (Å²) in [4.78, 5) is 33.6. The number of nitrogens with zero attached hydrogens (tertiary/aromatic N) is 4. The molecule has 172 valence electrons. The minimum Gasteiger partial charge on any atom is -0.489 e. The van der Waals surface area contributed by atoms with Gasteiger partial charge in [-0.3, -0.25) is 29.7 Å². The number of carbonyl (C=O) groups is 1. The maximum Gasteiger partial charge on any atom is 0.312 e. The van der Waals surface area contributed by atoms with Gasteiger partial charge in [-0.05, 0) is 50.6 Å². The van der Waals surface area contributed by atoms with E-state index in [1.807, 2.05) is 6.07 Å². The van der Waals surface area contributed by atoms with Crippen molar-refractivity contribution in [2.24, 2.45) is 0 Å². The van der Waals surface area contributed by atoms with Gasteiger partial charge in [-0.15, -0.1) is 0 Å². The third-order valence-electron chi connectivity index (χ3n) is 5.09. The number of nitro benzene ring substituents is 1. The van der Waals surface area contributed by atoms with Gasteiger partial charge in [0.1, 0.15) is 23.7 Å². The van der Waals surface area contributed by atoms with Gasteiger partial charge in [0.25, 0.3) is 11.6 Å². The number of benzene rings is 2. The smallest absolute Gasteiger partial charge is 0.312 e. The molecule has 0 aliphatic carbocycles. The van der Waals surface area contributed by atoms with Crippen molar-refractivity contribution in [2.75, 3.05) is 6.54 Å². The topological polar surface area (TPSA) is 142 Å². The van der Waals surface area contributed by atoms with Crippen LogP contribution in [0.4, 0.5) is 11.4 Å². The van der Waals surface area contributed by atoms with Crippen molar-refractivity contribution in [3.8, 4) is 5.75 Å². The number of nitrogens with one attached hydrogen (secondary N) is 1. The molecular formula is C22H23N5O6. The highest BCUT2D eigenvalue weighted by Crippen LogP contribution is 2.24. The van der Waals surface area contributed by atoms with Crippen LogP contribution < -0.4 is 10.1 Å². The number of nitro groups is 2. The van der Waals surface area contributed by atoms with Crippen LogP contribution in [0.2, 0.25) is 0 Å². The lowest BCUT2D eigenvalue weighted by atomic mass is 10.1. The Morgan fingerprint density at radius 3 is 2.48 bits per heavy atom. The first-order valence-electron chi connectivity index (χ1n) is 10.1.